The van der Waals surface area contributed by atoms with Crippen molar-refractivity contribution in [3.63, 3.8) is 0 Å². The van der Waals surface area contributed by atoms with Crippen LogP contribution in [0.3, 0.4) is 0 Å². The maximum atomic E-state index is 13.0. The predicted octanol–water partition coefficient (Wildman–Crippen LogP) is -1.41. The monoisotopic (exact) mass is 473 g/mol. The predicted molar refractivity (Wildman–Crippen MR) is 120 cm³/mol. The maximum Gasteiger partial charge on any atom is 0.326 e. The van der Waals surface area contributed by atoms with E-state index in [4.69, 9.17) is 11.5 Å². The Kier molecular flexibility index (Phi) is 13.2. The van der Waals surface area contributed by atoms with Gasteiger partial charge in [0.25, 0.3) is 0 Å². The summed E-state index contributed by atoms with van der Waals surface area (Å²) >= 11 is 0. The first kappa shape index (κ1) is 30.3. The Morgan fingerprint density at radius 3 is 1.85 bits per heavy atom. The minimum Gasteiger partial charge on any atom is -0.480 e. The summed E-state index contributed by atoms with van der Waals surface area (Å²) in [5.74, 6) is -4.49. The third-order valence-corrected chi connectivity index (χ3v) is 5.25. The van der Waals surface area contributed by atoms with Crippen molar-refractivity contribution >= 4 is 29.6 Å². The number of aliphatic carboxylic acids is 1. The van der Waals surface area contributed by atoms with Crippen LogP contribution < -0.4 is 27.4 Å². The molecule has 0 aromatic carbocycles. The Morgan fingerprint density at radius 2 is 1.42 bits per heavy atom. The summed E-state index contributed by atoms with van der Waals surface area (Å²) in [6, 6.07) is -4.70. The Morgan fingerprint density at radius 1 is 0.879 bits per heavy atom. The summed E-state index contributed by atoms with van der Waals surface area (Å²) < 4.78 is 0. The second kappa shape index (κ2) is 14.4. The van der Waals surface area contributed by atoms with E-state index in [-0.39, 0.29) is 31.1 Å². The summed E-state index contributed by atoms with van der Waals surface area (Å²) in [5, 5.41) is 26.3. The molecule has 9 N–H and O–H groups in total. The topological polar surface area (TPSA) is 214 Å². The molecule has 0 saturated heterocycles. The highest BCUT2D eigenvalue weighted by atomic mass is 16.4. The smallest absolute Gasteiger partial charge is 0.326 e. The van der Waals surface area contributed by atoms with Crippen LogP contribution in [0.25, 0.3) is 0 Å². The van der Waals surface area contributed by atoms with Crippen molar-refractivity contribution < 1.29 is 34.2 Å². The summed E-state index contributed by atoms with van der Waals surface area (Å²) in [6.45, 7) is 8.55. The van der Waals surface area contributed by atoms with Gasteiger partial charge in [-0.1, -0.05) is 34.1 Å². The molecule has 0 rings (SSSR count). The van der Waals surface area contributed by atoms with Crippen LogP contribution >= 0.6 is 0 Å². The number of aliphatic hydroxyl groups excluding tert-OH is 1. The molecular weight excluding hydrogens is 434 g/mol. The fourth-order valence-electron chi connectivity index (χ4n) is 2.95. The Bertz CT molecular complexity index is 698. The van der Waals surface area contributed by atoms with E-state index in [1.165, 1.54) is 6.92 Å². The molecule has 190 valence electrons. The van der Waals surface area contributed by atoms with Gasteiger partial charge < -0.3 is 37.6 Å². The molecule has 0 aromatic heterocycles. The van der Waals surface area contributed by atoms with Crippen LogP contribution in [-0.4, -0.2) is 70.1 Å². The zero-order chi connectivity index (χ0) is 25.9. The molecule has 12 nitrogen and oxygen atoms in total. The van der Waals surface area contributed by atoms with Crippen molar-refractivity contribution in [2.75, 3.05) is 0 Å². The SMILES string of the molecule is CCC(C)C(NC(=O)C(CC(C)C)NC(=O)C(N)C(C)O)C(=O)NC(CCC(N)=O)C(=O)O. The highest BCUT2D eigenvalue weighted by Gasteiger charge is 2.33. The molecule has 0 saturated carbocycles. The molecule has 12 heteroatoms. The maximum absolute atomic E-state index is 13.0. The summed E-state index contributed by atoms with van der Waals surface area (Å²) in [6.07, 6.45) is -0.814. The van der Waals surface area contributed by atoms with Crippen LogP contribution in [-0.2, 0) is 24.0 Å². The number of hydrogen-bond donors (Lipinski definition) is 7. The van der Waals surface area contributed by atoms with E-state index in [9.17, 15) is 34.2 Å². The standard InChI is InChI=1S/C21H39N5O7/c1-6-11(4)17(20(31)24-13(21(32)33)7-8-15(22)28)26-18(29)14(9-10(2)3)25-19(30)16(23)12(5)27/h10-14,16-17,27H,6-9,23H2,1-5H3,(H2,22,28)(H,24,31)(H,25,30)(H,26,29)(H,32,33). The minimum absolute atomic E-state index is 0.00453. The first-order chi connectivity index (χ1) is 15.2. The lowest BCUT2D eigenvalue weighted by molar-refractivity contribution is -0.143. The van der Waals surface area contributed by atoms with Crippen molar-refractivity contribution in [1.82, 2.24) is 16.0 Å². The van der Waals surface area contributed by atoms with Gasteiger partial charge in [0, 0.05) is 6.42 Å². The number of rotatable bonds is 15. The molecule has 0 aliphatic carbocycles. The van der Waals surface area contributed by atoms with E-state index >= 15 is 0 Å². The molecule has 0 bridgehead atoms. The van der Waals surface area contributed by atoms with E-state index < -0.39 is 59.9 Å². The van der Waals surface area contributed by atoms with Crippen molar-refractivity contribution in [3.8, 4) is 0 Å². The van der Waals surface area contributed by atoms with Crippen LogP contribution in [0.2, 0.25) is 0 Å². The van der Waals surface area contributed by atoms with Gasteiger partial charge in [-0.05, 0) is 31.6 Å². The largest absolute Gasteiger partial charge is 0.480 e. The van der Waals surface area contributed by atoms with Crippen LogP contribution in [0.15, 0.2) is 0 Å². The summed E-state index contributed by atoms with van der Waals surface area (Å²) in [5.41, 5.74) is 10.7. The van der Waals surface area contributed by atoms with Crippen LogP contribution in [0.4, 0.5) is 0 Å². The molecule has 6 atom stereocenters. The van der Waals surface area contributed by atoms with Crippen molar-refractivity contribution in [3.05, 3.63) is 0 Å². The molecule has 0 radical (unpaired) electrons. The molecule has 0 aromatic rings. The minimum atomic E-state index is -1.36. The molecule has 0 aliphatic rings. The zero-order valence-corrected chi connectivity index (χ0v) is 20.0. The van der Waals surface area contributed by atoms with Gasteiger partial charge in [-0.25, -0.2) is 4.79 Å². The van der Waals surface area contributed by atoms with E-state index in [1.807, 2.05) is 13.8 Å². The third kappa shape index (κ3) is 11.1. The summed E-state index contributed by atoms with van der Waals surface area (Å²) in [7, 11) is 0. The highest BCUT2D eigenvalue weighted by molar-refractivity contribution is 5.94. The molecule has 4 amide bonds. The molecule has 6 unspecified atom stereocenters. The van der Waals surface area contributed by atoms with Gasteiger partial charge in [-0.3, -0.25) is 19.2 Å². The fraction of sp³-hybridized carbons (Fsp3) is 0.762. The third-order valence-electron chi connectivity index (χ3n) is 5.25. The van der Waals surface area contributed by atoms with E-state index in [0.29, 0.717) is 6.42 Å². The van der Waals surface area contributed by atoms with Crippen LogP contribution in [0.1, 0.15) is 60.3 Å². The number of aliphatic hydroxyl groups is 1. The fourth-order valence-corrected chi connectivity index (χ4v) is 2.95. The number of carbonyl (C=O) groups excluding carboxylic acids is 4. The lowest BCUT2D eigenvalue weighted by Crippen LogP contribution is -2.59. The number of nitrogens with two attached hydrogens (primary N) is 2. The van der Waals surface area contributed by atoms with Gasteiger partial charge in [-0.2, -0.15) is 0 Å². The van der Waals surface area contributed by atoms with Gasteiger partial charge >= 0.3 is 5.97 Å². The summed E-state index contributed by atoms with van der Waals surface area (Å²) in [4.78, 5) is 60.6. The number of amides is 4. The number of primary amides is 1. The molecular formula is C21H39N5O7. The molecule has 0 spiro atoms. The van der Waals surface area contributed by atoms with E-state index in [0.717, 1.165) is 0 Å². The van der Waals surface area contributed by atoms with E-state index in [1.54, 1.807) is 13.8 Å². The normalized spacial score (nSPS) is 16.6. The average molecular weight is 474 g/mol. The van der Waals surface area contributed by atoms with E-state index in [2.05, 4.69) is 16.0 Å². The van der Waals surface area contributed by atoms with Crippen molar-refractivity contribution in [2.24, 2.45) is 23.3 Å². The zero-order valence-electron chi connectivity index (χ0n) is 20.0. The second-order valence-electron chi connectivity index (χ2n) is 8.73. The average Bonchev–Trinajstić information content (AvgIpc) is 2.71. The van der Waals surface area contributed by atoms with Gasteiger partial charge in [0.05, 0.1) is 6.10 Å². The number of carboxylic acids is 1. The number of carboxylic acid groups (broad SMARTS) is 1. The van der Waals surface area contributed by atoms with Gasteiger partial charge in [0.15, 0.2) is 0 Å². The van der Waals surface area contributed by atoms with Crippen molar-refractivity contribution in [2.45, 2.75) is 90.6 Å². The number of carbonyl (C=O) groups is 5. The first-order valence-electron chi connectivity index (χ1n) is 11.1. The van der Waals surface area contributed by atoms with Crippen LogP contribution in [0.5, 0.6) is 0 Å². The lowest BCUT2D eigenvalue weighted by Gasteiger charge is -2.28. The molecule has 0 aliphatic heterocycles. The number of nitrogens with one attached hydrogen (secondary N) is 3. The van der Waals surface area contributed by atoms with Crippen molar-refractivity contribution in [1.29, 1.82) is 0 Å². The van der Waals surface area contributed by atoms with Crippen LogP contribution in [0, 0.1) is 11.8 Å². The second-order valence-corrected chi connectivity index (χ2v) is 8.73. The Balaban J connectivity index is 5.57. The Hall–Kier alpha value is -2.73. The quantitative estimate of drug-likeness (QED) is 0.150. The molecule has 33 heavy (non-hydrogen) atoms. The van der Waals surface area contributed by atoms with Gasteiger partial charge in [-0.15, -0.1) is 0 Å². The molecule has 0 heterocycles. The molecule has 0 fully saturated rings. The lowest BCUT2D eigenvalue weighted by atomic mass is 9.96. The first-order valence-corrected chi connectivity index (χ1v) is 11.1. The number of hydrogen-bond acceptors (Lipinski definition) is 7. The van der Waals surface area contributed by atoms with Gasteiger partial charge in [0.2, 0.25) is 23.6 Å². The Labute approximate surface area is 194 Å². The van der Waals surface area contributed by atoms with Gasteiger partial charge in [0.1, 0.15) is 24.2 Å². The highest BCUT2D eigenvalue weighted by Crippen LogP contribution is 2.12.